The summed E-state index contributed by atoms with van der Waals surface area (Å²) in [7, 11) is 1.66. The summed E-state index contributed by atoms with van der Waals surface area (Å²) >= 11 is 0. The minimum atomic E-state index is -0.451. The van der Waals surface area contributed by atoms with Crippen molar-refractivity contribution in [1.29, 1.82) is 0 Å². The minimum absolute atomic E-state index is 0.451. The largest absolute Gasteiger partial charge is 0.496 e. The lowest BCUT2D eigenvalue weighted by atomic mass is 9.96. The van der Waals surface area contributed by atoms with Crippen molar-refractivity contribution in [3.63, 3.8) is 0 Å². The van der Waals surface area contributed by atoms with Crippen LogP contribution in [0, 0.1) is 0 Å². The van der Waals surface area contributed by atoms with Gasteiger partial charge in [-0.15, -0.1) is 0 Å². The predicted octanol–water partition coefficient (Wildman–Crippen LogP) is 4.46. The quantitative estimate of drug-likeness (QED) is 0.775. The van der Waals surface area contributed by atoms with Gasteiger partial charge in [-0.25, -0.2) is 0 Å². The van der Waals surface area contributed by atoms with E-state index in [1.54, 1.807) is 7.11 Å². The third-order valence-electron chi connectivity index (χ3n) is 3.56. The van der Waals surface area contributed by atoms with Crippen molar-refractivity contribution in [2.45, 2.75) is 38.7 Å². The molecule has 0 saturated heterocycles. The topological polar surface area (TPSA) is 29.5 Å². The second kappa shape index (κ2) is 6.58. The molecule has 1 N–H and O–H groups in total. The average Bonchev–Trinajstić information content (AvgIpc) is 2.46. The van der Waals surface area contributed by atoms with E-state index >= 15 is 0 Å². The van der Waals surface area contributed by atoms with Gasteiger partial charge in [-0.1, -0.05) is 56.5 Å². The van der Waals surface area contributed by atoms with Crippen LogP contribution in [0.4, 0.5) is 0 Å². The van der Waals surface area contributed by atoms with Gasteiger partial charge < -0.3 is 9.84 Å². The Kier molecular flexibility index (Phi) is 4.80. The molecule has 0 aliphatic rings. The first kappa shape index (κ1) is 13.9. The maximum absolute atomic E-state index is 10.5. The Morgan fingerprint density at radius 2 is 1.89 bits per heavy atom. The predicted molar refractivity (Wildman–Crippen MR) is 79.6 cm³/mol. The van der Waals surface area contributed by atoms with Gasteiger partial charge in [0.1, 0.15) is 5.75 Å². The maximum atomic E-state index is 10.5. The summed E-state index contributed by atoms with van der Waals surface area (Å²) in [6, 6.07) is 12.1. The number of rotatable bonds is 6. The summed E-state index contributed by atoms with van der Waals surface area (Å²) in [6.45, 7) is 2.17. The Morgan fingerprint density at radius 1 is 1.11 bits per heavy atom. The van der Waals surface area contributed by atoms with Crippen molar-refractivity contribution in [2.24, 2.45) is 0 Å². The Hall–Kier alpha value is -1.54. The maximum Gasteiger partial charge on any atom is 0.125 e. The van der Waals surface area contributed by atoms with Crippen molar-refractivity contribution in [3.8, 4) is 5.75 Å². The van der Waals surface area contributed by atoms with E-state index in [1.807, 2.05) is 24.3 Å². The standard InChI is InChI=1S/C17H22O2/c1-3-4-5-10-15(18)17-14-9-7-6-8-13(14)11-12-16(17)19-2/h6-9,11-12,15,18H,3-5,10H2,1-2H3. The van der Waals surface area contributed by atoms with Gasteiger partial charge >= 0.3 is 0 Å². The molecule has 2 heteroatoms. The van der Waals surface area contributed by atoms with Gasteiger partial charge in [-0.05, 0) is 23.3 Å². The summed E-state index contributed by atoms with van der Waals surface area (Å²) in [5, 5.41) is 12.7. The monoisotopic (exact) mass is 258 g/mol. The zero-order chi connectivity index (χ0) is 13.7. The van der Waals surface area contributed by atoms with E-state index in [2.05, 4.69) is 19.1 Å². The summed E-state index contributed by atoms with van der Waals surface area (Å²) in [5.41, 5.74) is 0.928. The number of aliphatic hydroxyl groups is 1. The van der Waals surface area contributed by atoms with E-state index in [0.717, 1.165) is 41.3 Å². The van der Waals surface area contributed by atoms with Gasteiger partial charge in [0.05, 0.1) is 13.2 Å². The Bertz CT molecular complexity index is 534. The van der Waals surface area contributed by atoms with Gasteiger partial charge in [-0.2, -0.15) is 0 Å². The van der Waals surface area contributed by atoms with E-state index in [1.165, 1.54) is 6.42 Å². The summed E-state index contributed by atoms with van der Waals surface area (Å²) < 4.78 is 5.42. The number of unbranched alkanes of at least 4 members (excludes halogenated alkanes) is 2. The van der Waals surface area contributed by atoms with Gasteiger partial charge in [0.15, 0.2) is 0 Å². The van der Waals surface area contributed by atoms with Gasteiger partial charge in [-0.3, -0.25) is 0 Å². The molecule has 2 rings (SSSR count). The molecule has 0 aromatic heterocycles. The number of hydrogen-bond donors (Lipinski definition) is 1. The molecule has 2 aromatic carbocycles. The number of hydrogen-bond acceptors (Lipinski definition) is 2. The molecular weight excluding hydrogens is 236 g/mol. The molecule has 1 atom stereocenters. The van der Waals surface area contributed by atoms with E-state index < -0.39 is 6.10 Å². The van der Waals surface area contributed by atoms with Gasteiger partial charge in [0.25, 0.3) is 0 Å². The third kappa shape index (κ3) is 3.07. The lowest BCUT2D eigenvalue weighted by molar-refractivity contribution is 0.161. The molecule has 2 nitrogen and oxygen atoms in total. The van der Waals surface area contributed by atoms with Crippen LogP contribution in [-0.2, 0) is 0 Å². The first-order chi connectivity index (χ1) is 9.27. The smallest absolute Gasteiger partial charge is 0.125 e. The molecule has 0 amide bonds. The highest BCUT2D eigenvalue weighted by molar-refractivity contribution is 5.88. The van der Waals surface area contributed by atoms with E-state index in [0.29, 0.717) is 0 Å². The molecule has 102 valence electrons. The number of aliphatic hydroxyl groups excluding tert-OH is 1. The SMILES string of the molecule is CCCCCC(O)c1c(OC)ccc2ccccc12. The van der Waals surface area contributed by atoms with Gasteiger partial charge in [0, 0.05) is 5.56 Å². The molecule has 0 heterocycles. The fourth-order valence-corrected chi connectivity index (χ4v) is 2.53. The Morgan fingerprint density at radius 3 is 2.63 bits per heavy atom. The first-order valence-electron chi connectivity index (χ1n) is 7.01. The molecule has 0 bridgehead atoms. The number of methoxy groups -OCH3 is 1. The number of benzene rings is 2. The molecular formula is C17H22O2. The van der Waals surface area contributed by atoms with Crippen LogP contribution in [-0.4, -0.2) is 12.2 Å². The average molecular weight is 258 g/mol. The zero-order valence-electron chi connectivity index (χ0n) is 11.7. The molecule has 1 unspecified atom stereocenters. The summed E-state index contributed by atoms with van der Waals surface area (Å²) in [6.07, 6.45) is 3.71. The molecule has 0 spiro atoms. The molecule has 2 aromatic rings. The second-order valence-corrected chi connectivity index (χ2v) is 4.91. The first-order valence-corrected chi connectivity index (χ1v) is 7.01. The van der Waals surface area contributed by atoms with E-state index in [4.69, 9.17) is 4.74 Å². The highest BCUT2D eigenvalue weighted by atomic mass is 16.5. The van der Waals surface area contributed by atoms with E-state index in [-0.39, 0.29) is 0 Å². The van der Waals surface area contributed by atoms with Crippen molar-refractivity contribution in [3.05, 3.63) is 42.0 Å². The van der Waals surface area contributed by atoms with Crippen LogP contribution < -0.4 is 4.74 Å². The molecule has 0 saturated carbocycles. The number of fused-ring (bicyclic) bond motifs is 1. The van der Waals surface area contributed by atoms with Crippen molar-refractivity contribution >= 4 is 10.8 Å². The van der Waals surface area contributed by atoms with E-state index in [9.17, 15) is 5.11 Å². The lowest BCUT2D eigenvalue weighted by Gasteiger charge is -2.17. The van der Waals surface area contributed by atoms with Crippen LogP contribution in [0.1, 0.15) is 44.3 Å². The molecule has 19 heavy (non-hydrogen) atoms. The van der Waals surface area contributed by atoms with Crippen molar-refractivity contribution in [2.75, 3.05) is 7.11 Å². The Labute approximate surface area is 115 Å². The molecule has 0 aliphatic carbocycles. The van der Waals surface area contributed by atoms with Crippen molar-refractivity contribution < 1.29 is 9.84 Å². The van der Waals surface area contributed by atoms with Crippen LogP contribution in [0.15, 0.2) is 36.4 Å². The van der Waals surface area contributed by atoms with Crippen LogP contribution in [0.2, 0.25) is 0 Å². The number of ether oxygens (including phenoxy) is 1. The third-order valence-corrected chi connectivity index (χ3v) is 3.56. The minimum Gasteiger partial charge on any atom is -0.496 e. The fourth-order valence-electron chi connectivity index (χ4n) is 2.53. The van der Waals surface area contributed by atoms with Crippen LogP contribution in [0.3, 0.4) is 0 Å². The summed E-state index contributed by atoms with van der Waals surface area (Å²) in [4.78, 5) is 0. The normalized spacial score (nSPS) is 12.6. The van der Waals surface area contributed by atoms with Crippen LogP contribution in [0.25, 0.3) is 10.8 Å². The van der Waals surface area contributed by atoms with Crippen molar-refractivity contribution in [1.82, 2.24) is 0 Å². The Balaban J connectivity index is 2.37. The van der Waals surface area contributed by atoms with Crippen LogP contribution >= 0.6 is 0 Å². The highest BCUT2D eigenvalue weighted by Gasteiger charge is 2.16. The lowest BCUT2D eigenvalue weighted by Crippen LogP contribution is -2.02. The second-order valence-electron chi connectivity index (χ2n) is 4.91. The highest BCUT2D eigenvalue weighted by Crippen LogP contribution is 2.35. The summed E-state index contributed by atoms with van der Waals surface area (Å²) in [5.74, 6) is 0.780. The molecule has 0 aliphatic heterocycles. The zero-order valence-corrected chi connectivity index (χ0v) is 11.7. The fraction of sp³-hybridized carbons (Fsp3) is 0.412. The van der Waals surface area contributed by atoms with Gasteiger partial charge in [0.2, 0.25) is 0 Å². The molecule has 0 radical (unpaired) electrons. The molecule has 0 fully saturated rings. The van der Waals surface area contributed by atoms with Crippen LogP contribution in [0.5, 0.6) is 5.75 Å².